The highest BCUT2D eigenvalue weighted by Crippen LogP contribution is 2.33. The van der Waals surface area contributed by atoms with Crippen molar-refractivity contribution in [2.24, 2.45) is 0 Å². The highest BCUT2D eigenvalue weighted by atomic mass is 32.2. The van der Waals surface area contributed by atoms with E-state index < -0.39 is 21.6 Å². The zero-order valence-corrected chi connectivity index (χ0v) is 12.6. The molecular formula is C15H11FN2O4S. The average molecular weight is 334 g/mol. The van der Waals surface area contributed by atoms with Crippen LogP contribution in [0.3, 0.4) is 0 Å². The van der Waals surface area contributed by atoms with Crippen molar-refractivity contribution in [2.45, 2.75) is 11.3 Å². The Morgan fingerprint density at radius 2 is 2.00 bits per heavy atom. The number of anilines is 1. The number of H-pyrrole nitrogens is 1. The van der Waals surface area contributed by atoms with Crippen LogP contribution in [0.4, 0.5) is 10.1 Å². The number of fused-ring (bicyclic) bond motifs is 2. The molecule has 0 saturated carbocycles. The third-order valence-electron chi connectivity index (χ3n) is 3.87. The number of rotatable bonds is 2. The number of sulfonamides is 1. The van der Waals surface area contributed by atoms with E-state index in [9.17, 15) is 17.6 Å². The van der Waals surface area contributed by atoms with Gasteiger partial charge in [-0.15, -0.1) is 0 Å². The number of benzene rings is 2. The molecule has 0 aliphatic carbocycles. The summed E-state index contributed by atoms with van der Waals surface area (Å²) < 4.78 is 45.1. The van der Waals surface area contributed by atoms with Crippen molar-refractivity contribution in [3.05, 3.63) is 58.3 Å². The molecule has 0 fully saturated rings. The lowest BCUT2D eigenvalue weighted by Gasteiger charge is -2.19. The molecule has 0 spiro atoms. The monoisotopic (exact) mass is 334 g/mol. The van der Waals surface area contributed by atoms with Gasteiger partial charge in [-0.3, -0.25) is 9.29 Å². The Balaban J connectivity index is 1.83. The third kappa shape index (κ3) is 2.14. The lowest BCUT2D eigenvalue weighted by atomic mass is 10.2. The van der Waals surface area contributed by atoms with Crippen LogP contribution in [-0.2, 0) is 16.4 Å². The minimum atomic E-state index is -3.81. The fourth-order valence-corrected chi connectivity index (χ4v) is 4.32. The molecule has 118 valence electrons. The van der Waals surface area contributed by atoms with Crippen LogP contribution in [0.25, 0.3) is 11.1 Å². The molecule has 0 bridgehead atoms. The summed E-state index contributed by atoms with van der Waals surface area (Å²) in [6.45, 7) is 0.246. The summed E-state index contributed by atoms with van der Waals surface area (Å²) in [6, 6.07) is 8.24. The van der Waals surface area contributed by atoms with Crippen LogP contribution in [0.5, 0.6) is 0 Å². The van der Waals surface area contributed by atoms with E-state index in [0.29, 0.717) is 23.2 Å². The van der Waals surface area contributed by atoms with E-state index >= 15 is 0 Å². The van der Waals surface area contributed by atoms with Crippen molar-refractivity contribution < 1.29 is 17.2 Å². The van der Waals surface area contributed by atoms with Crippen molar-refractivity contribution in [1.29, 1.82) is 0 Å². The number of nitrogens with zero attached hydrogens (tertiary/aromatic N) is 1. The highest BCUT2D eigenvalue weighted by Gasteiger charge is 2.31. The first kappa shape index (κ1) is 14.0. The predicted octanol–water partition coefficient (Wildman–Crippen LogP) is 2.01. The Bertz CT molecular complexity index is 1080. The van der Waals surface area contributed by atoms with Crippen LogP contribution in [-0.4, -0.2) is 19.9 Å². The molecule has 2 heterocycles. The first-order chi connectivity index (χ1) is 10.9. The molecule has 1 aliphatic rings. The Labute approximate surface area is 130 Å². The van der Waals surface area contributed by atoms with Crippen molar-refractivity contribution in [3.8, 4) is 0 Å². The van der Waals surface area contributed by atoms with Crippen molar-refractivity contribution in [3.63, 3.8) is 0 Å². The standard InChI is InChI=1S/C15H11FN2O4S/c16-10-1-4-13-9(7-10)5-6-18(13)23(20,21)11-2-3-12-14(8-11)22-15(19)17-12/h1-4,7-8H,5-6H2,(H,17,19). The van der Waals surface area contributed by atoms with Crippen LogP contribution >= 0.6 is 0 Å². The fraction of sp³-hybridized carbons (Fsp3) is 0.133. The van der Waals surface area contributed by atoms with E-state index in [1.165, 1.54) is 40.7 Å². The van der Waals surface area contributed by atoms with Crippen molar-refractivity contribution in [1.82, 2.24) is 4.98 Å². The molecule has 23 heavy (non-hydrogen) atoms. The summed E-state index contributed by atoms with van der Waals surface area (Å²) in [4.78, 5) is 13.7. The number of oxazole rings is 1. The lowest BCUT2D eigenvalue weighted by molar-refractivity contribution is 0.554. The topological polar surface area (TPSA) is 83.4 Å². The predicted molar refractivity (Wildman–Crippen MR) is 81.5 cm³/mol. The molecule has 0 atom stereocenters. The van der Waals surface area contributed by atoms with Gasteiger partial charge in [0, 0.05) is 12.6 Å². The number of hydrogen-bond donors (Lipinski definition) is 1. The maximum absolute atomic E-state index is 13.3. The molecule has 0 amide bonds. The average Bonchev–Trinajstić information content (AvgIpc) is 3.08. The molecule has 0 unspecified atom stereocenters. The number of aromatic nitrogens is 1. The quantitative estimate of drug-likeness (QED) is 0.777. The van der Waals surface area contributed by atoms with E-state index in [-0.39, 0.29) is 17.0 Å². The van der Waals surface area contributed by atoms with Crippen LogP contribution in [0.2, 0.25) is 0 Å². The molecule has 3 aromatic rings. The van der Waals surface area contributed by atoms with Gasteiger partial charge < -0.3 is 4.42 Å². The molecule has 1 N–H and O–H groups in total. The zero-order valence-electron chi connectivity index (χ0n) is 11.7. The number of nitrogens with one attached hydrogen (secondary N) is 1. The van der Waals surface area contributed by atoms with E-state index in [1.807, 2.05) is 0 Å². The molecule has 4 rings (SSSR count). The summed E-state index contributed by atoms with van der Waals surface area (Å²) >= 11 is 0. The molecule has 1 aliphatic heterocycles. The number of hydrogen-bond acceptors (Lipinski definition) is 4. The van der Waals surface area contributed by atoms with Crippen molar-refractivity contribution >= 4 is 26.8 Å². The second-order valence-corrected chi connectivity index (χ2v) is 7.14. The normalized spacial score (nSPS) is 14.4. The Hall–Kier alpha value is -2.61. The largest absolute Gasteiger partial charge is 0.417 e. The second kappa shape index (κ2) is 4.69. The maximum Gasteiger partial charge on any atom is 0.417 e. The van der Waals surface area contributed by atoms with Crippen molar-refractivity contribution in [2.75, 3.05) is 10.8 Å². The molecule has 0 saturated heterocycles. The Kier molecular flexibility index (Phi) is 2.86. The van der Waals surface area contributed by atoms with Crippen LogP contribution in [0.15, 0.2) is 50.5 Å². The zero-order chi connectivity index (χ0) is 16.2. The van der Waals surface area contributed by atoms with E-state index in [0.717, 1.165) is 0 Å². The summed E-state index contributed by atoms with van der Waals surface area (Å²) in [5, 5.41) is 0. The van der Waals surface area contributed by atoms with Gasteiger partial charge in [-0.1, -0.05) is 0 Å². The SMILES string of the molecule is O=c1[nH]c2ccc(S(=O)(=O)N3CCc4cc(F)ccc43)cc2o1. The van der Waals surface area contributed by atoms with Crippen LogP contribution < -0.4 is 10.1 Å². The van der Waals surface area contributed by atoms with Crippen LogP contribution in [0.1, 0.15) is 5.56 Å². The molecule has 2 aromatic carbocycles. The summed E-state index contributed by atoms with van der Waals surface area (Å²) in [5.74, 6) is -1.03. The van der Waals surface area contributed by atoms with E-state index in [4.69, 9.17) is 4.42 Å². The van der Waals surface area contributed by atoms with Crippen LogP contribution in [0, 0.1) is 5.82 Å². The maximum atomic E-state index is 13.3. The molecule has 8 heteroatoms. The molecule has 1 aromatic heterocycles. The van der Waals surface area contributed by atoms with Gasteiger partial charge in [0.1, 0.15) is 5.82 Å². The Morgan fingerprint density at radius 3 is 2.83 bits per heavy atom. The van der Waals surface area contributed by atoms with E-state index in [1.54, 1.807) is 0 Å². The number of aromatic amines is 1. The van der Waals surface area contributed by atoms with E-state index in [2.05, 4.69) is 4.98 Å². The van der Waals surface area contributed by atoms with Gasteiger partial charge in [-0.25, -0.2) is 17.6 Å². The summed E-state index contributed by atoms with van der Waals surface area (Å²) in [7, 11) is -3.81. The smallest absolute Gasteiger partial charge is 0.408 e. The fourth-order valence-electron chi connectivity index (χ4n) is 2.80. The van der Waals surface area contributed by atoms with Gasteiger partial charge in [0.05, 0.1) is 16.1 Å². The van der Waals surface area contributed by atoms with Gasteiger partial charge in [-0.2, -0.15) is 0 Å². The number of halogens is 1. The van der Waals surface area contributed by atoms with Gasteiger partial charge in [0.15, 0.2) is 5.58 Å². The third-order valence-corrected chi connectivity index (χ3v) is 5.68. The van der Waals surface area contributed by atoms with Gasteiger partial charge >= 0.3 is 5.76 Å². The Morgan fingerprint density at radius 1 is 1.17 bits per heavy atom. The lowest BCUT2D eigenvalue weighted by Crippen LogP contribution is -2.29. The first-order valence-corrected chi connectivity index (χ1v) is 8.33. The molecule has 0 radical (unpaired) electrons. The molecule has 6 nitrogen and oxygen atoms in total. The summed E-state index contributed by atoms with van der Waals surface area (Å²) in [5.41, 5.74) is 1.73. The van der Waals surface area contributed by atoms with Gasteiger partial charge in [0.25, 0.3) is 10.0 Å². The second-order valence-electron chi connectivity index (χ2n) is 5.27. The molecular weight excluding hydrogens is 323 g/mol. The highest BCUT2D eigenvalue weighted by molar-refractivity contribution is 7.92. The minimum absolute atomic E-state index is 0.0184. The minimum Gasteiger partial charge on any atom is -0.408 e. The van der Waals surface area contributed by atoms with Gasteiger partial charge in [-0.05, 0) is 42.3 Å². The first-order valence-electron chi connectivity index (χ1n) is 6.89. The summed E-state index contributed by atoms with van der Waals surface area (Å²) in [6.07, 6.45) is 0.452. The van der Waals surface area contributed by atoms with Gasteiger partial charge in [0.2, 0.25) is 0 Å².